The molecule has 0 radical (unpaired) electrons. The number of anilines is 1. The molecule has 2 aliphatic rings. The van der Waals surface area contributed by atoms with Gasteiger partial charge in [0.05, 0.1) is 12.3 Å². The minimum Gasteiger partial charge on any atom is -0.381 e. The maximum absolute atomic E-state index is 5.44. The Balaban J connectivity index is 1.40. The van der Waals surface area contributed by atoms with Crippen molar-refractivity contribution in [3.63, 3.8) is 0 Å². The molecule has 1 aromatic heterocycles. The van der Waals surface area contributed by atoms with Gasteiger partial charge in [0, 0.05) is 31.2 Å². The van der Waals surface area contributed by atoms with E-state index in [-0.39, 0.29) is 0 Å². The Morgan fingerprint density at radius 2 is 2.14 bits per heavy atom. The summed E-state index contributed by atoms with van der Waals surface area (Å²) in [4.78, 5) is 11.2. The molecule has 0 unspecified atom stereocenters. The van der Waals surface area contributed by atoms with Crippen LogP contribution in [0, 0.1) is 0 Å². The predicted octanol–water partition coefficient (Wildman–Crippen LogP) is 2.66. The SMILES string of the molecule is CN(CCCNc1cc([C@@H]2CCOC2)ncn1)C1CCCC1. The number of nitrogens with one attached hydrogen (secondary N) is 1. The van der Waals surface area contributed by atoms with Gasteiger partial charge in [-0.3, -0.25) is 0 Å². The van der Waals surface area contributed by atoms with E-state index in [0.29, 0.717) is 5.92 Å². The fourth-order valence-electron chi connectivity index (χ4n) is 3.53. The summed E-state index contributed by atoms with van der Waals surface area (Å²) < 4.78 is 5.44. The van der Waals surface area contributed by atoms with Crippen LogP contribution in [0.3, 0.4) is 0 Å². The summed E-state index contributed by atoms with van der Waals surface area (Å²) in [5.41, 5.74) is 1.11. The molecule has 1 aliphatic heterocycles. The first-order valence-corrected chi connectivity index (χ1v) is 8.67. The van der Waals surface area contributed by atoms with Crippen LogP contribution in [0.15, 0.2) is 12.4 Å². The van der Waals surface area contributed by atoms with Crippen molar-refractivity contribution in [1.82, 2.24) is 14.9 Å². The van der Waals surface area contributed by atoms with Crippen molar-refractivity contribution in [2.75, 3.05) is 38.7 Å². The number of nitrogens with zero attached hydrogens (tertiary/aromatic N) is 3. The van der Waals surface area contributed by atoms with Crippen molar-refractivity contribution in [3.8, 4) is 0 Å². The lowest BCUT2D eigenvalue weighted by Crippen LogP contribution is -2.31. The zero-order valence-corrected chi connectivity index (χ0v) is 13.6. The van der Waals surface area contributed by atoms with Crippen LogP contribution < -0.4 is 5.32 Å². The Morgan fingerprint density at radius 3 is 2.91 bits per heavy atom. The minimum absolute atomic E-state index is 0.442. The first-order chi connectivity index (χ1) is 10.8. The van der Waals surface area contributed by atoms with E-state index in [1.165, 1.54) is 25.7 Å². The molecule has 22 heavy (non-hydrogen) atoms. The molecule has 0 aromatic carbocycles. The Hall–Kier alpha value is -1.20. The second-order valence-corrected chi connectivity index (χ2v) is 6.59. The third-order valence-electron chi connectivity index (χ3n) is 4.98. The average Bonchev–Trinajstić information content (AvgIpc) is 3.24. The third-order valence-corrected chi connectivity index (χ3v) is 4.98. The summed E-state index contributed by atoms with van der Waals surface area (Å²) in [6, 6.07) is 2.90. The van der Waals surface area contributed by atoms with Gasteiger partial charge in [-0.15, -0.1) is 0 Å². The predicted molar refractivity (Wildman–Crippen MR) is 88.2 cm³/mol. The molecule has 0 bridgehead atoms. The summed E-state index contributed by atoms with van der Waals surface area (Å²) in [5.74, 6) is 1.39. The summed E-state index contributed by atoms with van der Waals surface area (Å²) in [6.07, 6.45) is 9.46. The first-order valence-electron chi connectivity index (χ1n) is 8.67. The lowest BCUT2D eigenvalue weighted by Gasteiger charge is -2.23. The van der Waals surface area contributed by atoms with Crippen LogP contribution in [-0.4, -0.2) is 54.3 Å². The van der Waals surface area contributed by atoms with Crippen molar-refractivity contribution < 1.29 is 4.74 Å². The van der Waals surface area contributed by atoms with Crippen LogP contribution in [0.1, 0.15) is 50.1 Å². The maximum atomic E-state index is 5.44. The van der Waals surface area contributed by atoms with Crippen LogP contribution in [0.25, 0.3) is 0 Å². The Labute approximate surface area is 133 Å². The van der Waals surface area contributed by atoms with Gasteiger partial charge in [-0.2, -0.15) is 0 Å². The monoisotopic (exact) mass is 304 g/mol. The molecule has 1 saturated carbocycles. The largest absolute Gasteiger partial charge is 0.381 e. The lowest BCUT2D eigenvalue weighted by atomic mass is 10.1. The van der Waals surface area contributed by atoms with E-state index in [1.54, 1.807) is 6.33 Å². The number of rotatable bonds is 7. The van der Waals surface area contributed by atoms with Gasteiger partial charge >= 0.3 is 0 Å². The van der Waals surface area contributed by atoms with Crippen molar-refractivity contribution in [1.29, 1.82) is 0 Å². The van der Waals surface area contributed by atoms with E-state index >= 15 is 0 Å². The van der Waals surface area contributed by atoms with Crippen molar-refractivity contribution in [2.45, 2.75) is 50.5 Å². The Bertz CT molecular complexity index is 456. The molecule has 2 heterocycles. The van der Waals surface area contributed by atoms with Gasteiger partial charge < -0.3 is 15.0 Å². The number of hydrogen-bond acceptors (Lipinski definition) is 5. The van der Waals surface area contributed by atoms with Crippen LogP contribution in [0.5, 0.6) is 0 Å². The highest BCUT2D eigenvalue weighted by atomic mass is 16.5. The number of ether oxygens (including phenoxy) is 1. The highest BCUT2D eigenvalue weighted by molar-refractivity contribution is 5.35. The summed E-state index contributed by atoms with van der Waals surface area (Å²) >= 11 is 0. The van der Waals surface area contributed by atoms with Gasteiger partial charge in [0.25, 0.3) is 0 Å². The van der Waals surface area contributed by atoms with Gasteiger partial charge in [-0.1, -0.05) is 12.8 Å². The van der Waals surface area contributed by atoms with E-state index < -0.39 is 0 Å². The standard InChI is InChI=1S/C17H28N4O/c1-21(15-5-2-3-6-15)9-4-8-18-17-11-16(19-13-20-17)14-7-10-22-12-14/h11,13-15H,2-10,12H2,1H3,(H,18,19,20)/t14-/m1/s1. The lowest BCUT2D eigenvalue weighted by molar-refractivity contribution is 0.193. The van der Waals surface area contributed by atoms with Gasteiger partial charge in [-0.05, 0) is 39.3 Å². The maximum Gasteiger partial charge on any atom is 0.129 e. The van der Waals surface area contributed by atoms with Crippen LogP contribution in [0.4, 0.5) is 5.82 Å². The van der Waals surface area contributed by atoms with E-state index in [2.05, 4.69) is 33.3 Å². The van der Waals surface area contributed by atoms with Gasteiger partial charge in [0.15, 0.2) is 0 Å². The molecule has 1 atom stereocenters. The van der Waals surface area contributed by atoms with Crippen LogP contribution >= 0.6 is 0 Å². The third kappa shape index (κ3) is 4.17. The zero-order valence-electron chi connectivity index (χ0n) is 13.6. The van der Waals surface area contributed by atoms with Crippen molar-refractivity contribution in [3.05, 3.63) is 18.1 Å². The van der Waals surface area contributed by atoms with Gasteiger partial charge in [0.2, 0.25) is 0 Å². The molecule has 5 nitrogen and oxygen atoms in total. The molecule has 1 aromatic rings. The molecule has 0 spiro atoms. The summed E-state index contributed by atoms with van der Waals surface area (Å²) in [7, 11) is 2.26. The molecule has 5 heteroatoms. The second-order valence-electron chi connectivity index (χ2n) is 6.59. The highest BCUT2D eigenvalue weighted by Crippen LogP contribution is 2.24. The molecule has 2 fully saturated rings. The van der Waals surface area contributed by atoms with Crippen molar-refractivity contribution >= 4 is 5.82 Å². The molecule has 1 saturated heterocycles. The fraction of sp³-hybridized carbons (Fsp3) is 0.765. The molecule has 122 valence electrons. The van der Waals surface area contributed by atoms with E-state index in [4.69, 9.17) is 4.74 Å². The first kappa shape index (κ1) is 15.7. The Morgan fingerprint density at radius 1 is 1.27 bits per heavy atom. The zero-order chi connectivity index (χ0) is 15.2. The summed E-state index contributed by atoms with van der Waals surface area (Å²) in [6.45, 7) is 3.77. The fourth-order valence-corrected chi connectivity index (χ4v) is 3.53. The molecular weight excluding hydrogens is 276 g/mol. The van der Waals surface area contributed by atoms with Crippen LogP contribution in [0.2, 0.25) is 0 Å². The molecule has 3 rings (SSSR count). The normalized spacial score (nSPS) is 22.5. The van der Waals surface area contributed by atoms with E-state index in [1.807, 2.05) is 0 Å². The average molecular weight is 304 g/mol. The number of aromatic nitrogens is 2. The molecule has 0 amide bonds. The molecule has 1 N–H and O–H groups in total. The Kier molecular flexibility index (Phi) is 5.62. The minimum atomic E-state index is 0.442. The van der Waals surface area contributed by atoms with Gasteiger partial charge in [0.1, 0.15) is 12.1 Å². The number of hydrogen-bond donors (Lipinski definition) is 1. The van der Waals surface area contributed by atoms with E-state index in [0.717, 1.165) is 56.7 Å². The quantitative estimate of drug-likeness (QED) is 0.785. The van der Waals surface area contributed by atoms with Gasteiger partial charge in [-0.25, -0.2) is 9.97 Å². The highest BCUT2D eigenvalue weighted by Gasteiger charge is 2.20. The molecule has 1 aliphatic carbocycles. The van der Waals surface area contributed by atoms with Crippen LogP contribution in [-0.2, 0) is 4.74 Å². The molecular formula is C17H28N4O. The van der Waals surface area contributed by atoms with E-state index in [9.17, 15) is 0 Å². The summed E-state index contributed by atoms with van der Waals surface area (Å²) in [5, 5.41) is 3.44. The topological polar surface area (TPSA) is 50.3 Å². The van der Waals surface area contributed by atoms with Crippen molar-refractivity contribution in [2.24, 2.45) is 0 Å². The second kappa shape index (κ2) is 7.88. The smallest absolute Gasteiger partial charge is 0.129 e.